The number of ether oxygens (including phenoxy) is 1. The lowest BCUT2D eigenvalue weighted by Gasteiger charge is -2.04. The number of benzene rings is 1. The average molecular weight is 216 g/mol. The van der Waals surface area contributed by atoms with Gasteiger partial charge >= 0.3 is 0 Å². The minimum Gasteiger partial charge on any atom is -0.439 e. The third-order valence-electron chi connectivity index (χ3n) is 1.87. The van der Waals surface area contributed by atoms with Crippen molar-refractivity contribution in [3.8, 4) is 11.6 Å². The minimum absolute atomic E-state index is 0.589. The maximum absolute atomic E-state index is 5.54. The van der Waals surface area contributed by atoms with Gasteiger partial charge in [0.1, 0.15) is 5.75 Å². The first kappa shape index (κ1) is 10.1. The van der Waals surface area contributed by atoms with Crippen molar-refractivity contribution in [1.29, 1.82) is 0 Å². The van der Waals surface area contributed by atoms with Gasteiger partial charge in [0.25, 0.3) is 0 Å². The molecule has 1 radical (unpaired) electrons. The molecule has 0 spiro atoms. The van der Waals surface area contributed by atoms with Gasteiger partial charge in [-0.3, -0.25) is 0 Å². The van der Waals surface area contributed by atoms with Crippen LogP contribution in [-0.2, 0) is 0 Å². The van der Waals surface area contributed by atoms with E-state index in [9.17, 15) is 0 Å². The molecule has 3 heteroatoms. The van der Waals surface area contributed by atoms with Crippen LogP contribution in [0.1, 0.15) is 0 Å². The van der Waals surface area contributed by atoms with E-state index in [4.69, 9.17) is 4.74 Å². The molecule has 1 aromatic heterocycles. The number of hydrogen-bond donors (Lipinski definition) is 0. The fourth-order valence-corrected chi connectivity index (χ4v) is 1.54. The molecule has 0 fully saturated rings. The Kier molecular flexibility index (Phi) is 3.25. The zero-order valence-electron chi connectivity index (χ0n) is 8.31. The summed E-state index contributed by atoms with van der Waals surface area (Å²) in [6, 6.07) is 14.3. The number of thioether (sulfide) groups is 1. The molecule has 0 atom stereocenters. The monoisotopic (exact) mass is 216 g/mol. The van der Waals surface area contributed by atoms with Crippen LogP contribution in [0.25, 0.3) is 0 Å². The Labute approximate surface area is 93.3 Å². The highest BCUT2D eigenvalue weighted by molar-refractivity contribution is 7.98. The molecule has 0 aliphatic heterocycles. The Bertz CT molecular complexity index is 413. The zero-order valence-corrected chi connectivity index (χ0v) is 9.12. The van der Waals surface area contributed by atoms with E-state index in [1.807, 2.05) is 30.5 Å². The molecule has 1 heterocycles. The molecule has 0 amide bonds. The van der Waals surface area contributed by atoms with Crippen molar-refractivity contribution in [3.63, 3.8) is 0 Å². The highest BCUT2D eigenvalue weighted by Gasteiger charge is 1.97. The molecular weight excluding hydrogens is 206 g/mol. The van der Waals surface area contributed by atoms with E-state index in [1.165, 1.54) is 4.90 Å². The van der Waals surface area contributed by atoms with Crippen LogP contribution in [0.15, 0.2) is 47.5 Å². The summed E-state index contributed by atoms with van der Waals surface area (Å²) in [6.07, 6.45) is 3.63. The second-order valence-corrected chi connectivity index (χ2v) is 3.75. The van der Waals surface area contributed by atoms with Crippen molar-refractivity contribution in [2.24, 2.45) is 0 Å². The molecule has 75 valence electrons. The smallest absolute Gasteiger partial charge is 0.219 e. The molecule has 2 rings (SSSR count). The van der Waals surface area contributed by atoms with Crippen molar-refractivity contribution in [2.75, 3.05) is 6.26 Å². The summed E-state index contributed by atoms with van der Waals surface area (Å²) in [5.74, 6) is 1.39. The molecule has 0 N–H and O–H groups in total. The molecule has 2 aromatic rings. The van der Waals surface area contributed by atoms with Gasteiger partial charge in [-0.25, -0.2) is 4.98 Å². The number of pyridine rings is 1. The van der Waals surface area contributed by atoms with Gasteiger partial charge in [0.2, 0.25) is 5.88 Å². The number of aromatic nitrogens is 1. The predicted molar refractivity (Wildman–Crippen MR) is 61.4 cm³/mol. The van der Waals surface area contributed by atoms with Crippen molar-refractivity contribution in [1.82, 2.24) is 4.98 Å². The van der Waals surface area contributed by atoms with Crippen molar-refractivity contribution in [2.45, 2.75) is 4.90 Å². The average Bonchev–Trinajstić information content (AvgIpc) is 2.31. The highest BCUT2D eigenvalue weighted by Crippen LogP contribution is 2.22. The normalized spacial score (nSPS) is 9.93. The van der Waals surface area contributed by atoms with Crippen LogP contribution in [-0.4, -0.2) is 11.2 Å². The number of rotatable bonds is 3. The first-order valence-corrected chi connectivity index (χ1v) is 5.75. The summed E-state index contributed by atoms with van der Waals surface area (Å²) in [7, 11) is 0. The van der Waals surface area contributed by atoms with E-state index in [2.05, 4.69) is 11.1 Å². The standard InChI is InChI=1S/C12H10NOS/c1-15-11-7-5-10(6-8-11)14-12-4-2-3-9-13-12/h2,4-9H,1H3. The first-order chi connectivity index (χ1) is 7.38. The van der Waals surface area contributed by atoms with Crippen molar-refractivity contribution >= 4 is 11.8 Å². The second-order valence-electron chi connectivity index (χ2n) is 2.87. The third kappa shape index (κ3) is 2.73. The van der Waals surface area contributed by atoms with Gasteiger partial charge in [-0.15, -0.1) is 11.8 Å². The van der Waals surface area contributed by atoms with Crippen LogP contribution in [0.3, 0.4) is 0 Å². The van der Waals surface area contributed by atoms with Crippen molar-refractivity contribution in [3.05, 3.63) is 48.7 Å². The SMILES string of the molecule is CSc1ccc(Oc2cc[c]cn2)cc1. The van der Waals surface area contributed by atoms with E-state index in [-0.39, 0.29) is 0 Å². The zero-order chi connectivity index (χ0) is 10.5. The summed E-state index contributed by atoms with van der Waals surface area (Å²) < 4.78 is 5.54. The van der Waals surface area contributed by atoms with Gasteiger partial charge in [0.15, 0.2) is 0 Å². The Balaban J connectivity index is 2.11. The van der Waals surface area contributed by atoms with E-state index < -0.39 is 0 Å². The molecule has 0 aliphatic rings. The van der Waals surface area contributed by atoms with Crippen molar-refractivity contribution < 1.29 is 4.74 Å². The van der Waals surface area contributed by atoms with E-state index >= 15 is 0 Å². The summed E-state index contributed by atoms with van der Waals surface area (Å²) in [6.45, 7) is 0. The van der Waals surface area contributed by atoms with Gasteiger partial charge in [-0.1, -0.05) is 0 Å². The van der Waals surface area contributed by atoms with Crippen LogP contribution in [0.4, 0.5) is 0 Å². The van der Waals surface area contributed by atoms with Gasteiger partial charge in [-0.2, -0.15) is 0 Å². The van der Waals surface area contributed by atoms with Crippen LogP contribution in [0.2, 0.25) is 0 Å². The topological polar surface area (TPSA) is 22.1 Å². The fourth-order valence-electron chi connectivity index (χ4n) is 1.13. The van der Waals surface area contributed by atoms with Crippen LogP contribution in [0.5, 0.6) is 11.6 Å². The molecule has 0 saturated carbocycles. The van der Waals surface area contributed by atoms with E-state index in [1.54, 1.807) is 30.1 Å². The summed E-state index contributed by atoms with van der Waals surface area (Å²) in [4.78, 5) is 5.25. The molecule has 15 heavy (non-hydrogen) atoms. The Morgan fingerprint density at radius 3 is 2.60 bits per heavy atom. The molecule has 0 bridgehead atoms. The maximum Gasteiger partial charge on any atom is 0.219 e. The Morgan fingerprint density at radius 1 is 1.20 bits per heavy atom. The molecule has 0 saturated heterocycles. The fraction of sp³-hybridized carbons (Fsp3) is 0.0833. The van der Waals surface area contributed by atoms with Gasteiger partial charge in [0.05, 0.1) is 0 Å². The van der Waals surface area contributed by atoms with Gasteiger partial charge in [0, 0.05) is 23.2 Å². The largest absolute Gasteiger partial charge is 0.439 e. The minimum atomic E-state index is 0.589. The quantitative estimate of drug-likeness (QED) is 0.734. The van der Waals surface area contributed by atoms with Crippen LogP contribution in [0, 0.1) is 6.07 Å². The predicted octanol–water partition coefficient (Wildman–Crippen LogP) is 3.40. The van der Waals surface area contributed by atoms with Gasteiger partial charge in [-0.05, 0) is 36.6 Å². The number of hydrogen-bond acceptors (Lipinski definition) is 3. The lowest BCUT2D eigenvalue weighted by Crippen LogP contribution is -1.86. The summed E-state index contributed by atoms with van der Waals surface area (Å²) >= 11 is 1.71. The summed E-state index contributed by atoms with van der Waals surface area (Å²) in [5.41, 5.74) is 0. The van der Waals surface area contributed by atoms with E-state index in [0.29, 0.717) is 5.88 Å². The third-order valence-corrected chi connectivity index (χ3v) is 2.61. The summed E-state index contributed by atoms with van der Waals surface area (Å²) in [5, 5.41) is 0. The van der Waals surface area contributed by atoms with Gasteiger partial charge < -0.3 is 4.74 Å². The van der Waals surface area contributed by atoms with E-state index in [0.717, 1.165) is 5.75 Å². The number of nitrogens with zero attached hydrogens (tertiary/aromatic N) is 1. The molecule has 2 nitrogen and oxygen atoms in total. The Hall–Kier alpha value is -1.48. The first-order valence-electron chi connectivity index (χ1n) is 4.52. The molecular formula is C12H10NOS. The van der Waals surface area contributed by atoms with Crippen LogP contribution < -0.4 is 4.74 Å². The molecule has 0 aliphatic carbocycles. The molecule has 0 unspecified atom stereocenters. The van der Waals surface area contributed by atoms with Crippen LogP contribution >= 0.6 is 11.8 Å². The second kappa shape index (κ2) is 4.84. The lowest BCUT2D eigenvalue weighted by molar-refractivity contribution is 0.462. The maximum atomic E-state index is 5.54. The Morgan fingerprint density at radius 2 is 2.00 bits per heavy atom. The highest BCUT2D eigenvalue weighted by atomic mass is 32.2. The molecule has 1 aromatic carbocycles. The lowest BCUT2D eigenvalue weighted by atomic mass is 10.3.